The lowest BCUT2D eigenvalue weighted by Gasteiger charge is -2.35. The summed E-state index contributed by atoms with van der Waals surface area (Å²) in [6.45, 7) is 9.04. The molecule has 2 heterocycles. The van der Waals surface area contributed by atoms with Crippen LogP contribution in [0.1, 0.15) is 45.1 Å². The van der Waals surface area contributed by atoms with Gasteiger partial charge in [0.1, 0.15) is 6.54 Å². The summed E-state index contributed by atoms with van der Waals surface area (Å²) in [5, 5.41) is 13.8. The lowest BCUT2D eigenvalue weighted by molar-refractivity contribution is -0.116. The lowest BCUT2D eigenvalue weighted by atomic mass is 10.0. The number of amides is 1. The van der Waals surface area contributed by atoms with Crippen molar-refractivity contribution in [1.82, 2.24) is 25.3 Å². The maximum absolute atomic E-state index is 12.2. The van der Waals surface area contributed by atoms with E-state index in [0.29, 0.717) is 6.54 Å². The number of nitrogens with zero attached hydrogens (tertiary/aromatic N) is 4. The van der Waals surface area contributed by atoms with Gasteiger partial charge in [0.2, 0.25) is 5.91 Å². The van der Waals surface area contributed by atoms with Crippen molar-refractivity contribution >= 4 is 41.5 Å². The molecule has 9 heteroatoms. The molecular formula is C24H38IN7O. The van der Waals surface area contributed by atoms with Gasteiger partial charge in [-0.1, -0.05) is 25.5 Å². The number of piperidine rings is 1. The number of carbonyl (C=O) groups excluding carboxylic acids is 1. The van der Waals surface area contributed by atoms with Crippen LogP contribution in [-0.4, -0.2) is 58.8 Å². The monoisotopic (exact) mass is 567 g/mol. The Balaban J connectivity index is 0.00000385. The maximum Gasteiger partial charge on any atom is 0.246 e. The first-order valence-corrected chi connectivity index (χ1v) is 11.8. The molecule has 1 amide bonds. The van der Waals surface area contributed by atoms with Crippen LogP contribution in [0.4, 0.5) is 5.69 Å². The number of nitrogens with one attached hydrogen (secondary N) is 3. The van der Waals surface area contributed by atoms with E-state index in [9.17, 15) is 4.79 Å². The number of hydrogen-bond acceptors (Lipinski definition) is 4. The summed E-state index contributed by atoms with van der Waals surface area (Å²) >= 11 is 0. The fourth-order valence-corrected chi connectivity index (χ4v) is 4.14. The van der Waals surface area contributed by atoms with E-state index in [-0.39, 0.29) is 36.4 Å². The average Bonchev–Trinajstić information content (AvgIpc) is 3.31. The Morgan fingerprint density at radius 3 is 2.85 bits per heavy atom. The second-order valence-corrected chi connectivity index (χ2v) is 8.17. The van der Waals surface area contributed by atoms with E-state index < -0.39 is 0 Å². The van der Waals surface area contributed by atoms with Crippen molar-refractivity contribution in [3.05, 3.63) is 48.3 Å². The number of halogens is 1. The smallest absolute Gasteiger partial charge is 0.246 e. The van der Waals surface area contributed by atoms with E-state index in [1.54, 1.807) is 23.1 Å². The number of aliphatic imine (C=N–C) groups is 1. The topological polar surface area (TPSA) is 86.6 Å². The molecule has 1 fully saturated rings. The molecule has 0 spiro atoms. The van der Waals surface area contributed by atoms with E-state index in [1.165, 1.54) is 32.2 Å². The molecule has 2 aromatic rings. The first kappa shape index (κ1) is 27.1. The third-order valence-electron chi connectivity index (χ3n) is 5.75. The third kappa shape index (κ3) is 9.32. The zero-order valence-corrected chi connectivity index (χ0v) is 22.1. The number of anilines is 1. The number of carbonyl (C=O) groups is 1. The van der Waals surface area contributed by atoms with Gasteiger partial charge in [-0.05, 0) is 56.5 Å². The normalized spacial score (nSPS) is 16.7. The largest absolute Gasteiger partial charge is 0.357 e. The molecule has 182 valence electrons. The highest BCUT2D eigenvalue weighted by molar-refractivity contribution is 14.0. The Hall–Kier alpha value is -2.14. The molecule has 33 heavy (non-hydrogen) atoms. The van der Waals surface area contributed by atoms with Crippen LogP contribution in [0.3, 0.4) is 0 Å². The van der Waals surface area contributed by atoms with Gasteiger partial charge in [-0.3, -0.25) is 14.4 Å². The average molecular weight is 568 g/mol. The molecule has 1 unspecified atom stereocenters. The summed E-state index contributed by atoms with van der Waals surface area (Å²) in [7, 11) is 0. The quantitative estimate of drug-likeness (QED) is 0.233. The lowest BCUT2D eigenvalue weighted by Crippen LogP contribution is -2.45. The zero-order chi connectivity index (χ0) is 22.6. The van der Waals surface area contributed by atoms with Crippen molar-refractivity contribution in [1.29, 1.82) is 0 Å². The van der Waals surface area contributed by atoms with Crippen LogP contribution in [0.5, 0.6) is 0 Å². The molecule has 3 rings (SSSR count). The molecule has 8 nitrogen and oxygen atoms in total. The van der Waals surface area contributed by atoms with Crippen molar-refractivity contribution in [3.63, 3.8) is 0 Å². The van der Waals surface area contributed by atoms with Gasteiger partial charge in [-0.15, -0.1) is 24.0 Å². The molecule has 0 radical (unpaired) electrons. The second-order valence-electron chi connectivity index (χ2n) is 8.17. The Morgan fingerprint density at radius 1 is 1.21 bits per heavy atom. The number of benzene rings is 1. The van der Waals surface area contributed by atoms with Gasteiger partial charge in [0.15, 0.2) is 5.96 Å². The number of rotatable bonds is 10. The number of aromatic nitrogens is 2. The van der Waals surface area contributed by atoms with Crippen molar-refractivity contribution in [2.24, 2.45) is 4.99 Å². The highest BCUT2D eigenvalue weighted by Crippen LogP contribution is 2.18. The van der Waals surface area contributed by atoms with E-state index in [4.69, 9.17) is 4.99 Å². The van der Waals surface area contributed by atoms with Gasteiger partial charge >= 0.3 is 0 Å². The predicted octanol–water partition coefficient (Wildman–Crippen LogP) is 3.46. The van der Waals surface area contributed by atoms with Gasteiger partial charge in [0.05, 0.1) is 6.54 Å². The third-order valence-corrected chi connectivity index (χ3v) is 5.75. The van der Waals surface area contributed by atoms with Crippen LogP contribution in [-0.2, 0) is 17.9 Å². The zero-order valence-electron chi connectivity index (χ0n) is 19.8. The number of hydrogen-bond donors (Lipinski definition) is 3. The van der Waals surface area contributed by atoms with Crippen LogP contribution in [0.15, 0.2) is 47.7 Å². The van der Waals surface area contributed by atoms with Crippen molar-refractivity contribution in [3.8, 4) is 0 Å². The summed E-state index contributed by atoms with van der Waals surface area (Å²) in [5.74, 6) is 0.720. The maximum atomic E-state index is 12.2. The van der Waals surface area contributed by atoms with Gasteiger partial charge in [0.25, 0.3) is 0 Å². The SMILES string of the molecule is CCNC(=NCc1cccc(NC(=O)Cn2cccn2)c1)NCCN1CCCCC1CC.I. The molecule has 0 bridgehead atoms. The Kier molecular flexibility index (Phi) is 12.2. The van der Waals surface area contributed by atoms with Crippen LogP contribution >= 0.6 is 24.0 Å². The molecule has 1 aliphatic heterocycles. The second kappa shape index (κ2) is 14.9. The van der Waals surface area contributed by atoms with Gasteiger partial charge in [-0.2, -0.15) is 5.10 Å². The Labute approximate surface area is 214 Å². The molecule has 3 N–H and O–H groups in total. The molecule has 0 saturated carbocycles. The molecule has 1 aliphatic rings. The van der Waals surface area contributed by atoms with Crippen molar-refractivity contribution < 1.29 is 4.79 Å². The minimum Gasteiger partial charge on any atom is -0.357 e. The standard InChI is InChI=1S/C24H37N7O.HI/c1-3-22-11-5-6-14-30(22)16-13-26-24(25-4-2)27-18-20-9-7-10-21(17-20)29-23(32)19-31-15-8-12-28-31;/h7-10,12,15,17,22H,3-6,11,13-14,16,18-19H2,1-2H3,(H,29,32)(H2,25,26,27);1H. The Morgan fingerprint density at radius 2 is 2.09 bits per heavy atom. The van der Waals surface area contributed by atoms with Crippen LogP contribution in [0, 0.1) is 0 Å². The molecule has 0 aliphatic carbocycles. The molecule has 1 atom stereocenters. The first-order chi connectivity index (χ1) is 15.7. The molecule has 1 aromatic carbocycles. The molecule has 1 aromatic heterocycles. The molecular weight excluding hydrogens is 529 g/mol. The fourth-order valence-electron chi connectivity index (χ4n) is 4.14. The van der Waals surface area contributed by atoms with E-state index in [2.05, 4.69) is 39.8 Å². The highest BCUT2D eigenvalue weighted by Gasteiger charge is 2.19. The van der Waals surface area contributed by atoms with Gasteiger partial charge in [0, 0.05) is 43.8 Å². The van der Waals surface area contributed by atoms with Gasteiger partial charge in [-0.25, -0.2) is 4.99 Å². The summed E-state index contributed by atoms with van der Waals surface area (Å²) < 4.78 is 1.60. The van der Waals surface area contributed by atoms with E-state index in [1.807, 2.05) is 24.3 Å². The first-order valence-electron chi connectivity index (χ1n) is 11.8. The number of guanidine groups is 1. The number of likely N-dealkylation sites (tertiary alicyclic amines) is 1. The van der Waals surface area contributed by atoms with Crippen molar-refractivity contribution in [2.75, 3.05) is 31.5 Å². The van der Waals surface area contributed by atoms with E-state index in [0.717, 1.165) is 42.9 Å². The highest BCUT2D eigenvalue weighted by atomic mass is 127. The summed E-state index contributed by atoms with van der Waals surface area (Å²) in [6.07, 6.45) is 8.64. The summed E-state index contributed by atoms with van der Waals surface area (Å²) in [4.78, 5) is 19.6. The fraction of sp³-hybridized carbons (Fsp3) is 0.542. The Bertz CT molecular complexity index is 856. The predicted molar refractivity (Wildman–Crippen MR) is 145 cm³/mol. The van der Waals surface area contributed by atoms with Crippen LogP contribution < -0.4 is 16.0 Å². The van der Waals surface area contributed by atoms with Crippen LogP contribution in [0.2, 0.25) is 0 Å². The summed E-state index contributed by atoms with van der Waals surface area (Å²) in [6, 6.07) is 10.3. The van der Waals surface area contributed by atoms with E-state index >= 15 is 0 Å². The molecule has 1 saturated heterocycles. The van der Waals surface area contributed by atoms with Crippen molar-refractivity contribution in [2.45, 2.75) is 58.7 Å². The van der Waals surface area contributed by atoms with Crippen LogP contribution in [0.25, 0.3) is 0 Å². The minimum absolute atomic E-state index is 0. The van der Waals surface area contributed by atoms with Gasteiger partial charge < -0.3 is 16.0 Å². The summed E-state index contributed by atoms with van der Waals surface area (Å²) in [5.41, 5.74) is 1.81. The minimum atomic E-state index is -0.104.